The first-order valence-corrected chi connectivity index (χ1v) is 13.6. The van der Waals surface area contributed by atoms with E-state index in [-0.39, 0.29) is 23.3 Å². The Kier molecular flexibility index (Phi) is 8.05. The van der Waals surface area contributed by atoms with Gasteiger partial charge in [-0.3, -0.25) is 9.59 Å². The van der Waals surface area contributed by atoms with Crippen molar-refractivity contribution in [1.29, 1.82) is 0 Å². The fraction of sp³-hybridized carbons (Fsp3) is 0.520. The van der Waals surface area contributed by atoms with E-state index in [1.54, 1.807) is 17.0 Å². The van der Waals surface area contributed by atoms with E-state index >= 15 is 0 Å². The lowest BCUT2D eigenvalue weighted by atomic mass is 9.86. The van der Waals surface area contributed by atoms with Crippen molar-refractivity contribution in [3.63, 3.8) is 0 Å². The van der Waals surface area contributed by atoms with Gasteiger partial charge in [0.15, 0.2) is 0 Å². The highest BCUT2D eigenvalue weighted by molar-refractivity contribution is 7.89. The number of hydrogen-bond acceptors (Lipinski definition) is 5. The second kappa shape index (κ2) is 11.2. The molecule has 1 aromatic carbocycles. The lowest BCUT2D eigenvalue weighted by Gasteiger charge is -2.35. The quantitative estimate of drug-likeness (QED) is 0.615. The Labute approximate surface area is 201 Å². The van der Waals surface area contributed by atoms with Crippen molar-refractivity contribution in [2.75, 3.05) is 26.2 Å². The fourth-order valence-corrected chi connectivity index (χ4v) is 5.74. The largest absolute Gasteiger partial charge is 0.468 e. The van der Waals surface area contributed by atoms with Crippen LogP contribution in [0.4, 0.5) is 0 Å². The molecule has 1 saturated carbocycles. The first-order chi connectivity index (χ1) is 16.4. The number of nitrogens with zero attached hydrogens (tertiary/aromatic N) is 2. The van der Waals surface area contributed by atoms with E-state index in [2.05, 4.69) is 4.72 Å². The molecule has 0 spiro atoms. The maximum absolute atomic E-state index is 12.9. The van der Waals surface area contributed by atoms with Gasteiger partial charge in [-0.1, -0.05) is 32.1 Å². The predicted molar refractivity (Wildman–Crippen MR) is 127 cm³/mol. The number of amides is 2. The molecule has 2 heterocycles. The van der Waals surface area contributed by atoms with E-state index in [1.807, 2.05) is 4.90 Å². The maximum Gasteiger partial charge on any atom is 0.253 e. The molecule has 0 unspecified atom stereocenters. The zero-order valence-electron chi connectivity index (χ0n) is 19.4. The maximum atomic E-state index is 12.9. The van der Waals surface area contributed by atoms with Gasteiger partial charge >= 0.3 is 0 Å². The van der Waals surface area contributed by atoms with Gasteiger partial charge in [-0.2, -0.15) is 0 Å². The molecule has 4 rings (SSSR count). The zero-order chi connectivity index (χ0) is 24.0. The first-order valence-electron chi connectivity index (χ1n) is 12.1. The molecule has 0 radical (unpaired) electrons. The number of benzene rings is 1. The molecule has 2 fully saturated rings. The molecule has 1 saturated heterocycles. The second-order valence-electron chi connectivity index (χ2n) is 9.14. The van der Waals surface area contributed by atoms with Crippen LogP contribution in [-0.4, -0.2) is 56.2 Å². The Morgan fingerprint density at radius 3 is 2.26 bits per heavy atom. The minimum Gasteiger partial charge on any atom is -0.468 e. The molecule has 1 aromatic heterocycles. The summed E-state index contributed by atoms with van der Waals surface area (Å²) in [5, 5.41) is 0. The number of furan rings is 1. The summed E-state index contributed by atoms with van der Waals surface area (Å²) in [6.45, 7) is 2.11. The highest BCUT2D eigenvalue weighted by Crippen LogP contribution is 2.27. The van der Waals surface area contributed by atoms with Gasteiger partial charge in [0.05, 0.1) is 17.7 Å². The molecule has 2 aromatic rings. The van der Waals surface area contributed by atoms with Crippen molar-refractivity contribution in [1.82, 2.24) is 14.5 Å². The topological polar surface area (TPSA) is 99.9 Å². The van der Waals surface area contributed by atoms with Gasteiger partial charge < -0.3 is 14.2 Å². The van der Waals surface area contributed by atoms with E-state index in [0.29, 0.717) is 49.8 Å². The Morgan fingerprint density at radius 1 is 0.941 bits per heavy atom. The summed E-state index contributed by atoms with van der Waals surface area (Å²) < 4.78 is 32.6. The normalized spacial score (nSPS) is 17.6. The monoisotopic (exact) mass is 487 g/mol. The van der Waals surface area contributed by atoms with E-state index in [9.17, 15) is 18.0 Å². The van der Waals surface area contributed by atoms with Crippen molar-refractivity contribution in [2.24, 2.45) is 5.92 Å². The van der Waals surface area contributed by atoms with Gasteiger partial charge in [0.1, 0.15) is 5.76 Å². The lowest BCUT2D eigenvalue weighted by Crippen LogP contribution is -2.50. The number of piperazine rings is 1. The van der Waals surface area contributed by atoms with Crippen molar-refractivity contribution in [3.8, 4) is 0 Å². The average Bonchev–Trinajstić information content (AvgIpc) is 3.40. The van der Waals surface area contributed by atoms with Crippen LogP contribution < -0.4 is 4.72 Å². The third-order valence-corrected chi connectivity index (χ3v) is 8.26. The van der Waals surface area contributed by atoms with Crippen LogP contribution in [0.1, 0.15) is 61.1 Å². The van der Waals surface area contributed by atoms with Crippen molar-refractivity contribution in [2.45, 2.75) is 56.4 Å². The molecule has 184 valence electrons. The Balaban J connectivity index is 1.25. The Hall–Kier alpha value is -2.65. The lowest BCUT2D eigenvalue weighted by molar-refractivity contribution is -0.133. The number of sulfonamides is 1. The second-order valence-corrected chi connectivity index (χ2v) is 10.9. The van der Waals surface area contributed by atoms with Gasteiger partial charge in [-0.25, -0.2) is 13.1 Å². The average molecular weight is 488 g/mol. The van der Waals surface area contributed by atoms with Crippen LogP contribution in [0, 0.1) is 5.92 Å². The summed E-state index contributed by atoms with van der Waals surface area (Å²) in [6, 6.07) is 9.31. The van der Waals surface area contributed by atoms with Gasteiger partial charge in [-0.15, -0.1) is 0 Å². The highest BCUT2D eigenvalue weighted by atomic mass is 32.2. The number of hydrogen-bond donors (Lipinski definition) is 1. The fourth-order valence-electron chi connectivity index (χ4n) is 4.74. The van der Waals surface area contributed by atoms with Crippen LogP contribution in [0.3, 0.4) is 0 Å². The molecule has 1 aliphatic heterocycles. The SMILES string of the molecule is O=C(CCC1CCCCC1)N1CCN(C(=O)c2ccc(S(=O)(=O)NCc3ccco3)cc2)CC1. The third kappa shape index (κ3) is 6.27. The number of rotatable bonds is 8. The summed E-state index contributed by atoms with van der Waals surface area (Å²) in [5.41, 5.74) is 0.432. The van der Waals surface area contributed by atoms with Crippen LogP contribution >= 0.6 is 0 Å². The van der Waals surface area contributed by atoms with Crippen molar-refractivity contribution >= 4 is 21.8 Å². The third-order valence-electron chi connectivity index (χ3n) is 6.84. The molecular weight excluding hydrogens is 454 g/mol. The first kappa shape index (κ1) is 24.5. The van der Waals surface area contributed by atoms with Gasteiger partial charge in [0.25, 0.3) is 5.91 Å². The number of carbonyl (C=O) groups is 2. The molecule has 0 bridgehead atoms. The molecule has 34 heavy (non-hydrogen) atoms. The van der Waals surface area contributed by atoms with Crippen LogP contribution in [0.5, 0.6) is 0 Å². The summed E-state index contributed by atoms with van der Waals surface area (Å²) in [4.78, 5) is 29.2. The minimum atomic E-state index is -3.71. The van der Waals surface area contributed by atoms with E-state index in [1.165, 1.54) is 62.6 Å². The summed E-state index contributed by atoms with van der Waals surface area (Å²) in [6.07, 6.45) is 9.44. The van der Waals surface area contributed by atoms with E-state index < -0.39 is 10.0 Å². The molecule has 1 N–H and O–H groups in total. The molecule has 2 aliphatic rings. The summed E-state index contributed by atoms with van der Waals surface area (Å²) in [7, 11) is -3.71. The van der Waals surface area contributed by atoms with Crippen molar-refractivity contribution in [3.05, 3.63) is 54.0 Å². The number of nitrogens with one attached hydrogen (secondary N) is 1. The molecule has 2 amide bonds. The smallest absolute Gasteiger partial charge is 0.253 e. The van der Waals surface area contributed by atoms with Crippen LogP contribution in [0.25, 0.3) is 0 Å². The molecule has 1 aliphatic carbocycles. The molecule has 0 atom stereocenters. The molecule has 8 nitrogen and oxygen atoms in total. The van der Waals surface area contributed by atoms with Gasteiger partial charge in [0, 0.05) is 38.2 Å². The standard InChI is InChI=1S/C25H33N3O5S/c29-24(13-8-20-5-2-1-3-6-20)27-14-16-28(17-15-27)25(30)21-9-11-23(12-10-21)34(31,32)26-19-22-7-4-18-33-22/h4,7,9-12,18,20,26H,1-3,5-6,8,13-17,19H2. The summed E-state index contributed by atoms with van der Waals surface area (Å²) >= 11 is 0. The predicted octanol–water partition coefficient (Wildman–Crippen LogP) is 3.40. The highest BCUT2D eigenvalue weighted by Gasteiger charge is 2.26. The molecular formula is C25H33N3O5S. The Morgan fingerprint density at radius 2 is 1.62 bits per heavy atom. The van der Waals surface area contributed by atoms with Crippen molar-refractivity contribution < 1.29 is 22.4 Å². The Bertz CT molecular complexity index is 1050. The van der Waals surface area contributed by atoms with Gasteiger partial charge in [-0.05, 0) is 48.7 Å². The minimum absolute atomic E-state index is 0.0552. The van der Waals surface area contributed by atoms with Gasteiger partial charge in [0.2, 0.25) is 15.9 Å². The van der Waals surface area contributed by atoms with E-state index in [4.69, 9.17) is 4.42 Å². The molecule has 9 heteroatoms. The van der Waals surface area contributed by atoms with Crippen LogP contribution in [-0.2, 0) is 21.4 Å². The van der Waals surface area contributed by atoms with Crippen LogP contribution in [0.15, 0.2) is 52.0 Å². The van der Waals surface area contributed by atoms with E-state index in [0.717, 1.165) is 6.42 Å². The summed E-state index contributed by atoms with van der Waals surface area (Å²) in [5.74, 6) is 1.24. The van der Waals surface area contributed by atoms with Crippen LogP contribution in [0.2, 0.25) is 0 Å². The zero-order valence-corrected chi connectivity index (χ0v) is 20.3. The number of carbonyl (C=O) groups excluding carboxylic acids is 2.